The molecule has 0 radical (unpaired) electrons. The molecule has 1 saturated carbocycles. The maximum absolute atomic E-state index is 3.70. The fourth-order valence-corrected chi connectivity index (χ4v) is 4.08. The van der Waals surface area contributed by atoms with E-state index in [0.29, 0.717) is 0 Å². The molecule has 1 N–H and O–H groups in total. The van der Waals surface area contributed by atoms with E-state index in [0.717, 1.165) is 18.0 Å². The van der Waals surface area contributed by atoms with Crippen LogP contribution < -0.4 is 5.32 Å². The molecule has 0 aromatic rings. The molecule has 86 valence electrons. The molecule has 15 heavy (non-hydrogen) atoms. The van der Waals surface area contributed by atoms with Crippen LogP contribution in [0.3, 0.4) is 0 Å². The van der Waals surface area contributed by atoms with Gasteiger partial charge in [0.1, 0.15) is 0 Å². The zero-order chi connectivity index (χ0) is 10.1. The fourth-order valence-electron chi connectivity index (χ4n) is 3.00. The van der Waals surface area contributed by atoms with E-state index in [1.165, 1.54) is 56.8 Å². The summed E-state index contributed by atoms with van der Waals surface area (Å²) in [6, 6.07) is 1.74. The van der Waals surface area contributed by atoms with Crippen molar-refractivity contribution in [2.24, 2.45) is 5.92 Å². The van der Waals surface area contributed by atoms with Crippen molar-refractivity contribution in [1.82, 2.24) is 10.2 Å². The van der Waals surface area contributed by atoms with Crippen LogP contribution in [-0.2, 0) is 0 Å². The lowest BCUT2D eigenvalue weighted by atomic mass is 10.0. The van der Waals surface area contributed by atoms with E-state index in [-0.39, 0.29) is 0 Å². The van der Waals surface area contributed by atoms with E-state index in [1.807, 2.05) is 0 Å². The number of rotatable bonds is 2. The largest absolute Gasteiger partial charge is 0.311 e. The molecule has 1 unspecified atom stereocenters. The van der Waals surface area contributed by atoms with Gasteiger partial charge in [-0.2, -0.15) is 11.8 Å². The standard InChI is InChI=1S/C12H22N2S/c1-2-10(1)12-9-14(6-5-13-12)11-3-7-15-8-4-11/h10-13H,1-9H2. The third kappa shape index (κ3) is 2.51. The second-order valence-electron chi connectivity index (χ2n) is 5.24. The monoisotopic (exact) mass is 226 g/mol. The summed E-state index contributed by atoms with van der Waals surface area (Å²) in [7, 11) is 0. The highest BCUT2D eigenvalue weighted by Gasteiger charge is 2.35. The smallest absolute Gasteiger partial charge is 0.0223 e. The number of nitrogens with zero attached hydrogens (tertiary/aromatic N) is 1. The van der Waals surface area contributed by atoms with Gasteiger partial charge in [0, 0.05) is 31.7 Å². The van der Waals surface area contributed by atoms with Gasteiger partial charge in [-0.3, -0.25) is 4.90 Å². The van der Waals surface area contributed by atoms with Crippen molar-refractivity contribution in [3.05, 3.63) is 0 Å². The Balaban J connectivity index is 1.55. The van der Waals surface area contributed by atoms with Gasteiger partial charge >= 0.3 is 0 Å². The lowest BCUT2D eigenvalue weighted by molar-refractivity contribution is 0.129. The van der Waals surface area contributed by atoms with E-state index < -0.39 is 0 Å². The molecule has 0 spiro atoms. The molecule has 0 aromatic heterocycles. The van der Waals surface area contributed by atoms with Gasteiger partial charge in [0.15, 0.2) is 0 Å². The Bertz CT molecular complexity index is 212. The summed E-state index contributed by atoms with van der Waals surface area (Å²) in [6.07, 6.45) is 5.82. The van der Waals surface area contributed by atoms with Crippen molar-refractivity contribution in [2.75, 3.05) is 31.1 Å². The number of piperazine rings is 1. The maximum atomic E-state index is 3.70. The van der Waals surface area contributed by atoms with Gasteiger partial charge < -0.3 is 5.32 Å². The first kappa shape index (κ1) is 10.4. The normalized spacial score (nSPS) is 35.6. The highest BCUT2D eigenvalue weighted by atomic mass is 32.2. The van der Waals surface area contributed by atoms with Crippen molar-refractivity contribution in [2.45, 2.75) is 37.8 Å². The number of hydrogen-bond acceptors (Lipinski definition) is 3. The van der Waals surface area contributed by atoms with Crippen LogP contribution >= 0.6 is 11.8 Å². The number of hydrogen-bond donors (Lipinski definition) is 1. The van der Waals surface area contributed by atoms with Crippen LogP contribution in [0.15, 0.2) is 0 Å². The quantitative estimate of drug-likeness (QED) is 0.769. The first-order valence-electron chi connectivity index (χ1n) is 6.48. The summed E-state index contributed by atoms with van der Waals surface area (Å²) in [4.78, 5) is 2.78. The lowest BCUT2D eigenvalue weighted by Crippen LogP contribution is -2.55. The van der Waals surface area contributed by atoms with Gasteiger partial charge in [-0.25, -0.2) is 0 Å². The van der Waals surface area contributed by atoms with Crippen LogP contribution in [0.4, 0.5) is 0 Å². The van der Waals surface area contributed by atoms with Crippen molar-refractivity contribution in [3.63, 3.8) is 0 Å². The van der Waals surface area contributed by atoms with Crippen LogP contribution in [0.1, 0.15) is 25.7 Å². The van der Waals surface area contributed by atoms with Gasteiger partial charge in [-0.05, 0) is 43.1 Å². The van der Waals surface area contributed by atoms with Crippen molar-refractivity contribution in [3.8, 4) is 0 Å². The number of thioether (sulfide) groups is 1. The van der Waals surface area contributed by atoms with Gasteiger partial charge in [-0.15, -0.1) is 0 Å². The van der Waals surface area contributed by atoms with E-state index in [1.54, 1.807) is 0 Å². The summed E-state index contributed by atoms with van der Waals surface area (Å²) >= 11 is 2.14. The third-order valence-corrected chi connectivity index (χ3v) is 5.18. The van der Waals surface area contributed by atoms with Crippen LogP contribution in [0, 0.1) is 5.92 Å². The summed E-state index contributed by atoms with van der Waals surface area (Å²) in [5, 5.41) is 3.70. The van der Waals surface area contributed by atoms with Crippen molar-refractivity contribution in [1.29, 1.82) is 0 Å². The van der Waals surface area contributed by atoms with E-state index in [4.69, 9.17) is 0 Å². The molecule has 3 rings (SSSR count). The molecule has 3 fully saturated rings. The molecule has 1 atom stereocenters. The van der Waals surface area contributed by atoms with Crippen molar-refractivity contribution < 1.29 is 0 Å². The first-order valence-corrected chi connectivity index (χ1v) is 7.64. The second-order valence-corrected chi connectivity index (χ2v) is 6.46. The van der Waals surface area contributed by atoms with Crippen LogP contribution in [0.5, 0.6) is 0 Å². The summed E-state index contributed by atoms with van der Waals surface area (Å²) in [6.45, 7) is 3.85. The average molecular weight is 226 g/mol. The SMILES string of the molecule is C1CN(C2CCSCC2)CC(C2CC2)N1. The Kier molecular flexibility index (Phi) is 3.23. The zero-order valence-electron chi connectivity index (χ0n) is 9.45. The zero-order valence-corrected chi connectivity index (χ0v) is 10.3. The molecule has 0 aromatic carbocycles. The summed E-state index contributed by atoms with van der Waals surface area (Å²) in [5.74, 6) is 3.80. The first-order chi connectivity index (χ1) is 7.43. The molecule has 0 amide bonds. The Morgan fingerprint density at radius 2 is 1.87 bits per heavy atom. The minimum absolute atomic E-state index is 0.827. The molecule has 3 aliphatic rings. The van der Waals surface area contributed by atoms with E-state index in [2.05, 4.69) is 22.0 Å². The topological polar surface area (TPSA) is 15.3 Å². The van der Waals surface area contributed by atoms with E-state index >= 15 is 0 Å². The highest BCUT2D eigenvalue weighted by molar-refractivity contribution is 7.99. The molecule has 2 nitrogen and oxygen atoms in total. The highest BCUT2D eigenvalue weighted by Crippen LogP contribution is 2.34. The Hall–Kier alpha value is 0.270. The van der Waals surface area contributed by atoms with Gasteiger partial charge in [0.2, 0.25) is 0 Å². The summed E-state index contributed by atoms with van der Waals surface area (Å²) < 4.78 is 0. The molecule has 2 aliphatic heterocycles. The molecule has 2 heterocycles. The number of nitrogens with one attached hydrogen (secondary N) is 1. The minimum Gasteiger partial charge on any atom is -0.311 e. The van der Waals surface area contributed by atoms with Gasteiger partial charge in [0.25, 0.3) is 0 Å². The van der Waals surface area contributed by atoms with E-state index in [9.17, 15) is 0 Å². The Labute approximate surface area is 97.2 Å². The third-order valence-electron chi connectivity index (χ3n) is 4.14. The molecule has 0 bridgehead atoms. The molecular weight excluding hydrogens is 204 g/mol. The Morgan fingerprint density at radius 1 is 1.07 bits per heavy atom. The molecule has 3 heteroatoms. The predicted molar refractivity (Wildman–Crippen MR) is 66.4 cm³/mol. The van der Waals surface area contributed by atoms with Crippen molar-refractivity contribution >= 4 is 11.8 Å². The van der Waals surface area contributed by atoms with Gasteiger partial charge in [-0.1, -0.05) is 0 Å². The Morgan fingerprint density at radius 3 is 2.60 bits per heavy atom. The lowest BCUT2D eigenvalue weighted by Gasteiger charge is -2.40. The summed E-state index contributed by atoms with van der Waals surface area (Å²) in [5.41, 5.74) is 0. The minimum atomic E-state index is 0.827. The molecular formula is C12H22N2S. The predicted octanol–water partition coefficient (Wildman–Crippen LogP) is 1.57. The maximum Gasteiger partial charge on any atom is 0.0223 e. The van der Waals surface area contributed by atoms with Crippen LogP contribution in [-0.4, -0.2) is 48.1 Å². The second kappa shape index (κ2) is 4.64. The fraction of sp³-hybridized carbons (Fsp3) is 1.00. The molecule has 1 aliphatic carbocycles. The van der Waals surface area contributed by atoms with Crippen LogP contribution in [0.2, 0.25) is 0 Å². The van der Waals surface area contributed by atoms with Gasteiger partial charge in [0.05, 0.1) is 0 Å². The average Bonchev–Trinajstić information content (AvgIpc) is 3.14. The van der Waals surface area contributed by atoms with Crippen LogP contribution in [0.25, 0.3) is 0 Å². The molecule has 2 saturated heterocycles.